The molecule has 0 aliphatic carbocycles. The quantitative estimate of drug-likeness (QED) is 0.926. The first-order valence-corrected chi connectivity index (χ1v) is 7.64. The number of hydrogen-bond acceptors (Lipinski definition) is 3. The first kappa shape index (κ1) is 17.1. The first-order chi connectivity index (χ1) is 10.1. The number of rotatable bonds is 3. The molecule has 2 aromatic rings. The van der Waals surface area contributed by atoms with E-state index >= 15 is 0 Å². The second-order valence-electron chi connectivity index (χ2n) is 5.52. The Labute approximate surface area is 141 Å². The molecule has 1 unspecified atom stereocenters. The van der Waals surface area contributed by atoms with Crippen LogP contribution in [-0.4, -0.2) is 37.0 Å². The Hall–Kier alpha value is -1.23. The van der Waals surface area contributed by atoms with Crippen molar-refractivity contribution in [3.63, 3.8) is 0 Å². The average Bonchev–Trinajstić information content (AvgIpc) is 3.05. The van der Waals surface area contributed by atoms with Crippen molar-refractivity contribution in [2.75, 3.05) is 20.1 Å². The summed E-state index contributed by atoms with van der Waals surface area (Å²) in [6, 6.07) is 5.83. The predicted molar refractivity (Wildman–Crippen MR) is 91.2 cm³/mol. The second-order valence-corrected chi connectivity index (χ2v) is 5.93. The maximum absolute atomic E-state index is 12.8. The summed E-state index contributed by atoms with van der Waals surface area (Å²) in [7, 11) is 1.91. The smallest absolute Gasteiger partial charge is 0.290 e. The predicted octanol–water partition coefficient (Wildman–Crippen LogP) is 3.64. The van der Waals surface area contributed by atoms with Gasteiger partial charge in [-0.2, -0.15) is 0 Å². The standard InChI is InChI=1S/C16H19ClN2O2.ClH/c1-10-12-6-3-7-13(17)15(12)21-14(10)16(20)19-8-4-5-11(19)9-18-2;/h3,6-7,11,18H,4-5,8-9H2,1-2H3;1H. The van der Waals surface area contributed by atoms with Crippen LogP contribution in [0.15, 0.2) is 22.6 Å². The van der Waals surface area contributed by atoms with Gasteiger partial charge in [0.05, 0.1) is 5.02 Å². The van der Waals surface area contributed by atoms with Gasteiger partial charge >= 0.3 is 0 Å². The van der Waals surface area contributed by atoms with Crippen LogP contribution in [0.5, 0.6) is 0 Å². The zero-order chi connectivity index (χ0) is 15.0. The van der Waals surface area contributed by atoms with Crippen molar-refractivity contribution in [3.8, 4) is 0 Å². The van der Waals surface area contributed by atoms with Crippen LogP contribution in [0, 0.1) is 6.92 Å². The maximum atomic E-state index is 12.8. The van der Waals surface area contributed by atoms with Crippen molar-refractivity contribution >= 4 is 40.9 Å². The summed E-state index contributed by atoms with van der Waals surface area (Å²) in [5.74, 6) is 0.388. The van der Waals surface area contributed by atoms with Gasteiger partial charge in [0.2, 0.25) is 0 Å². The molecule has 4 nitrogen and oxygen atoms in total. The summed E-state index contributed by atoms with van der Waals surface area (Å²) in [4.78, 5) is 14.7. The molecule has 1 N–H and O–H groups in total. The van der Waals surface area contributed by atoms with E-state index in [4.69, 9.17) is 16.0 Å². The fourth-order valence-electron chi connectivity index (χ4n) is 3.09. The molecule has 1 aromatic heterocycles. The van der Waals surface area contributed by atoms with Crippen molar-refractivity contribution < 1.29 is 9.21 Å². The van der Waals surface area contributed by atoms with Crippen LogP contribution >= 0.6 is 24.0 Å². The van der Waals surface area contributed by atoms with E-state index < -0.39 is 0 Å². The lowest BCUT2D eigenvalue weighted by Crippen LogP contribution is -2.40. The minimum absolute atomic E-state index is 0. The van der Waals surface area contributed by atoms with Crippen molar-refractivity contribution in [2.24, 2.45) is 0 Å². The molecule has 1 fully saturated rings. The molecule has 0 radical (unpaired) electrons. The Bertz CT molecular complexity index is 684. The molecule has 1 amide bonds. The fourth-order valence-corrected chi connectivity index (χ4v) is 3.31. The average molecular weight is 343 g/mol. The number of nitrogens with one attached hydrogen (secondary N) is 1. The third-order valence-electron chi connectivity index (χ3n) is 4.19. The van der Waals surface area contributed by atoms with Gasteiger partial charge < -0.3 is 14.6 Å². The number of benzene rings is 1. The number of halogens is 2. The summed E-state index contributed by atoms with van der Waals surface area (Å²) in [6.07, 6.45) is 2.07. The van der Waals surface area contributed by atoms with Gasteiger partial charge in [-0.05, 0) is 32.9 Å². The molecule has 0 bridgehead atoms. The van der Waals surface area contributed by atoms with E-state index in [0.717, 1.165) is 36.9 Å². The molecular weight excluding hydrogens is 323 g/mol. The number of amides is 1. The molecule has 3 rings (SSSR count). The highest BCUT2D eigenvalue weighted by Gasteiger charge is 2.32. The number of hydrogen-bond donors (Lipinski definition) is 1. The Kier molecular flexibility index (Phi) is 5.37. The van der Waals surface area contributed by atoms with Crippen LogP contribution in [0.2, 0.25) is 5.02 Å². The Balaban J connectivity index is 0.00000176. The van der Waals surface area contributed by atoms with Gasteiger partial charge in [-0.15, -0.1) is 12.4 Å². The van der Waals surface area contributed by atoms with Gasteiger partial charge in [-0.25, -0.2) is 0 Å². The van der Waals surface area contributed by atoms with E-state index in [2.05, 4.69) is 5.32 Å². The van der Waals surface area contributed by atoms with Gasteiger partial charge in [0.15, 0.2) is 11.3 Å². The summed E-state index contributed by atoms with van der Waals surface area (Å²) >= 11 is 6.16. The summed E-state index contributed by atoms with van der Waals surface area (Å²) in [5.41, 5.74) is 1.47. The molecule has 1 atom stereocenters. The number of aryl methyl sites for hydroxylation is 1. The van der Waals surface area contributed by atoms with Crippen molar-refractivity contribution in [2.45, 2.75) is 25.8 Å². The Morgan fingerprint density at radius 2 is 2.27 bits per heavy atom. The monoisotopic (exact) mass is 342 g/mol. The third-order valence-corrected chi connectivity index (χ3v) is 4.49. The first-order valence-electron chi connectivity index (χ1n) is 7.26. The van der Waals surface area contributed by atoms with Crippen LogP contribution in [0.3, 0.4) is 0 Å². The van der Waals surface area contributed by atoms with E-state index in [1.807, 2.05) is 31.0 Å². The summed E-state index contributed by atoms with van der Waals surface area (Å²) in [5, 5.41) is 4.61. The van der Waals surface area contributed by atoms with Crippen LogP contribution < -0.4 is 5.32 Å². The van der Waals surface area contributed by atoms with Gasteiger partial charge in [-0.3, -0.25) is 4.79 Å². The molecule has 6 heteroatoms. The topological polar surface area (TPSA) is 45.5 Å². The SMILES string of the molecule is CNCC1CCCN1C(=O)c1oc2c(Cl)cccc2c1C.Cl. The highest BCUT2D eigenvalue weighted by atomic mass is 35.5. The minimum atomic E-state index is -0.0301. The van der Waals surface area contributed by atoms with E-state index in [-0.39, 0.29) is 24.4 Å². The molecule has 1 saturated heterocycles. The number of para-hydroxylation sites is 1. The van der Waals surface area contributed by atoms with Gasteiger partial charge in [-0.1, -0.05) is 23.7 Å². The normalized spacial score (nSPS) is 17.8. The van der Waals surface area contributed by atoms with E-state index in [9.17, 15) is 4.79 Å². The van der Waals surface area contributed by atoms with Crippen LogP contribution in [0.25, 0.3) is 11.0 Å². The molecular formula is C16H20Cl2N2O2. The van der Waals surface area contributed by atoms with Crippen LogP contribution in [0.4, 0.5) is 0 Å². The summed E-state index contributed by atoms with van der Waals surface area (Å²) in [6.45, 7) is 3.51. The second kappa shape index (κ2) is 6.90. The van der Waals surface area contributed by atoms with E-state index in [1.165, 1.54) is 0 Å². The van der Waals surface area contributed by atoms with Gasteiger partial charge in [0.25, 0.3) is 5.91 Å². The van der Waals surface area contributed by atoms with E-state index in [0.29, 0.717) is 16.4 Å². The van der Waals surface area contributed by atoms with Crippen LogP contribution in [-0.2, 0) is 0 Å². The fraction of sp³-hybridized carbons (Fsp3) is 0.438. The zero-order valence-electron chi connectivity index (χ0n) is 12.7. The Morgan fingerprint density at radius 3 is 2.95 bits per heavy atom. The number of likely N-dealkylation sites (tertiary alicyclic amines) is 1. The number of likely N-dealkylation sites (N-methyl/N-ethyl adjacent to an activating group) is 1. The van der Waals surface area contributed by atoms with Crippen molar-refractivity contribution in [1.82, 2.24) is 10.2 Å². The molecule has 0 saturated carbocycles. The number of nitrogens with zero attached hydrogens (tertiary/aromatic N) is 1. The Morgan fingerprint density at radius 1 is 1.50 bits per heavy atom. The van der Waals surface area contributed by atoms with Gasteiger partial charge in [0, 0.05) is 30.1 Å². The van der Waals surface area contributed by atoms with E-state index in [1.54, 1.807) is 6.07 Å². The minimum Gasteiger partial charge on any atom is -0.449 e. The highest BCUT2D eigenvalue weighted by Crippen LogP contribution is 2.32. The third kappa shape index (κ3) is 2.83. The molecule has 120 valence electrons. The number of carbonyl (C=O) groups excluding carboxylic acids is 1. The maximum Gasteiger partial charge on any atom is 0.290 e. The molecule has 2 heterocycles. The van der Waals surface area contributed by atoms with Crippen molar-refractivity contribution in [3.05, 3.63) is 34.5 Å². The molecule has 1 aliphatic rings. The lowest BCUT2D eigenvalue weighted by atomic mass is 10.1. The molecule has 1 aromatic carbocycles. The van der Waals surface area contributed by atoms with Gasteiger partial charge in [0.1, 0.15) is 0 Å². The van der Waals surface area contributed by atoms with Crippen LogP contribution in [0.1, 0.15) is 29.0 Å². The summed E-state index contributed by atoms with van der Waals surface area (Å²) < 4.78 is 5.79. The lowest BCUT2D eigenvalue weighted by Gasteiger charge is -2.23. The lowest BCUT2D eigenvalue weighted by molar-refractivity contribution is 0.0706. The molecule has 1 aliphatic heterocycles. The molecule has 22 heavy (non-hydrogen) atoms. The number of fused-ring (bicyclic) bond motifs is 1. The number of carbonyl (C=O) groups is 1. The van der Waals surface area contributed by atoms with Crippen molar-refractivity contribution in [1.29, 1.82) is 0 Å². The number of furan rings is 1. The highest BCUT2D eigenvalue weighted by molar-refractivity contribution is 6.35. The zero-order valence-corrected chi connectivity index (χ0v) is 14.3. The molecule has 0 spiro atoms. The largest absolute Gasteiger partial charge is 0.449 e.